The molecule has 1 aliphatic carbocycles. The van der Waals surface area contributed by atoms with Crippen molar-refractivity contribution in [2.75, 3.05) is 12.4 Å². The quantitative estimate of drug-likeness (QED) is 0.391. The largest absolute Gasteiger partial charge is 0.497 e. The van der Waals surface area contributed by atoms with Crippen LogP contribution in [0.4, 0.5) is 11.4 Å². The van der Waals surface area contributed by atoms with Crippen molar-refractivity contribution in [2.45, 2.75) is 4.90 Å². The second-order valence-corrected chi connectivity index (χ2v) is 9.06. The van der Waals surface area contributed by atoms with Crippen LogP contribution < -0.4 is 15.6 Å². The van der Waals surface area contributed by atoms with E-state index >= 15 is 0 Å². The molecule has 9 heteroatoms. The molecule has 8 nitrogen and oxygen atoms in total. The molecule has 1 aliphatic rings. The molecule has 33 heavy (non-hydrogen) atoms. The summed E-state index contributed by atoms with van der Waals surface area (Å²) >= 11 is 0. The minimum absolute atomic E-state index is 0.0759. The highest BCUT2D eigenvalue weighted by atomic mass is 32.2. The Kier molecular flexibility index (Phi) is 4.62. The fourth-order valence-corrected chi connectivity index (χ4v) is 4.91. The van der Waals surface area contributed by atoms with E-state index in [4.69, 9.17) is 4.74 Å². The fraction of sp³-hybridized carbons (Fsp3) is 0.0833. The van der Waals surface area contributed by atoms with Crippen molar-refractivity contribution in [3.8, 4) is 16.9 Å². The summed E-state index contributed by atoms with van der Waals surface area (Å²) < 4.78 is 40.3. The number of fused-ring (bicyclic) bond motifs is 2. The van der Waals surface area contributed by atoms with Gasteiger partial charge in [-0.05, 0) is 35.4 Å². The number of aryl methyl sites for hydroxylation is 1. The van der Waals surface area contributed by atoms with Crippen molar-refractivity contribution < 1.29 is 22.5 Å². The van der Waals surface area contributed by atoms with Crippen LogP contribution in [0.15, 0.2) is 70.4 Å². The fourth-order valence-electron chi connectivity index (χ4n) is 4.25. The monoisotopic (exact) mass is 462 g/mol. The maximum Gasteiger partial charge on any atom is 0.296 e. The van der Waals surface area contributed by atoms with Crippen LogP contribution in [0, 0.1) is 0 Å². The predicted molar refractivity (Wildman–Crippen MR) is 124 cm³/mol. The Balaban J connectivity index is 1.81. The van der Waals surface area contributed by atoms with Gasteiger partial charge in [-0.15, -0.1) is 0 Å². The number of anilines is 2. The molecule has 3 aromatic carbocycles. The summed E-state index contributed by atoms with van der Waals surface area (Å²) in [4.78, 5) is 25.8. The molecule has 0 saturated heterocycles. The number of pyridine rings is 1. The first-order valence-corrected chi connectivity index (χ1v) is 11.4. The third-order valence-corrected chi connectivity index (χ3v) is 6.73. The van der Waals surface area contributed by atoms with Crippen LogP contribution in [-0.2, 0) is 17.2 Å². The SMILES string of the molecule is COc1ccc(Nc2ccc3c4c(cc(=O)n3C)-c3ccccc3C(=O)c24)c(S(=O)(=O)O)c1. The van der Waals surface area contributed by atoms with Gasteiger partial charge in [0, 0.05) is 30.1 Å². The van der Waals surface area contributed by atoms with E-state index in [0.29, 0.717) is 38.8 Å². The van der Waals surface area contributed by atoms with Crippen molar-refractivity contribution >= 4 is 38.2 Å². The first-order valence-electron chi connectivity index (χ1n) is 9.94. The number of nitrogens with one attached hydrogen (secondary N) is 1. The highest BCUT2D eigenvalue weighted by Crippen LogP contribution is 2.42. The van der Waals surface area contributed by atoms with Crippen LogP contribution in [0.1, 0.15) is 15.9 Å². The van der Waals surface area contributed by atoms with Crippen LogP contribution in [-0.4, -0.2) is 30.4 Å². The minimum atomic E-state index is -4.59. The van der Waals surface area contributed by atoms with E-state index in [1.165, 1.54) is 35.9 Å². The van der Waals surface area contributed by atoms with E-state index in [9.17, 15) is 22.6 Å². The zero-order valence-corrected chi connectivity index (χ0v) is 18.4. The van der Waals surface area contributed by atoms with E-state index < -0.39 is 15.0 Å². The van der Waals surface area contributed by atoms with Gasteiger partial charge in [0.15, 0.2) is 5.78 Å². The molecule has 0 unspecified atom stereocenters. The third-order valence-electron chi connectivity index (χ3n) is 5.84. The van der Waals surface area contributed by atoms with E-state index in [0.717, 1.165) is 0 Å². The number of benzene rings is 3. The number of methoxy groups -OCH3 is 1. The molecule has 0 bridgehead atoms. The Hall–Kier alpha value is -3.95. The number of ketones is 1. The van der Waals surface area contributed by atoms with Gasteiger partial charge < -0.3 is 14.6 Å². The highest BCUT2D eigenvalue weighted by molar-refractivity contribution is 7.86. The van der Waals surface area contributed by atoms with Gasteiger partial charge in [0.05, 0.1) is 29.6 Å². The van der Waals surface area contributed by atoms with Crippen LogP contribution >= 0.6 is 0 Å². The Bertz CT molecular complexity index is 1650. The summed E-state index contributed by atoms with van der Waals surface area (Å²) in [6.07, 6.45) is 0. The van der Waals surface area contributed by atoms with Crippen LogP contribution in [0.5, 0.6) is 5.75 Å². The third kappa shape index (κ3) is 3.21. The number of rotatable bonds is 4. The van der Waals surface area contributed by atoms with Gasteiger partial charge in [-0.25, -0.2) is 0 Å². The van der Waals surface area contributed by atoms with E-state index in [1.807, 2.05) is 0 Å². The van der Waals surface area contributed by atoms with Gasteiger partial charge >= 0.3 is 0 Å². The predicted octanol–water partition coefficient (Wildman–Crippen LogP) is 3.75. The molecule has 2 N–H and O–H groups in total. The van der Waals surface area contributed by atoms with Crippen LogP contribution in [0.3, 0.4) is 0 Å². The maximum absolute atomic E-state index is 13.6. The number of aromatic nitrogens is 1. The number of hydrogen-bond acceptors (Lipinski definition) is 6. The molecule has 0 saturated carbocycles. The van der Waals surface area contributed by atoms with Gasteiger partial charge in [-0.3, -0.25) is 14.1 Å². The van der Waals surface area contributed by atoms with E-state index in [-0.39, 0.29) is 22.8 Å². The summed E-state index contributed by atoms with van der Waals surface area (Å²) in [6, 6.07) is 16.0. The average Bonchev–Trinajstić information content (AvgIpc) is 2.80. The van der Waals surface area contributed by atoms with Crippen molar-refractivity contribution in [1.82, 2.24) is 4.57 Å². The Morgan fingerprint density at radius 2 is 1.61 bits per heavy atom. The molecule has 166 valence electrons. The minimum Gasteiger partial charge on any atom is -0.497 e. The molecule has 1 heterocycles. The lowest BCUT2D eigenvalue weighted by Gasteiger charge is -2.24. The van der Waals surface area contributed by atoms with Gasteiger partial charge in [-0.1, -0.05) is 24.3 Å². The number of hydrogen-bond donors (Lipinski definition) is 2. The summed E-state index contributed by atoms with van der Waals surface area (Å²) in [5.41, 5.74) is 2.84. The van der Waals surface area contributed by atoms with Crippen LogP contribution in [0.2, 0.25) is 0 Å². The molecular weight excluding hydrogens is 444 g/mol. The Labute approximate surface area is 188 Å². The number of carbonyl (C=O) groups excluding carboxylic acids is 1. The van der Waals surface area contributed by atoms with Crippen molar-refractivity contribution in [2.24, 2.45) is 7.05 Å². The standard InChI is InChI=1S/C24H18N2O6S/c1-26-19-10-9-18(25-17-8-7-13(32-2)11-20(17)33(29,30)31)23-22(19)16(12-21(26)27)14-5-3-4-6-15(14)24(23)28/h3-12,25H,1-2H3,(H,29,30,31). The molecule has 0 amide bonds. The smallest absolute Gasteiger partial charge is 0.296 e. The molecule has 4 aromatic rings. The highest BCUT2D eigenvalue weighted by Gasteiger charge is 2.29. The zero-order chi connectivity index (χ0) is 23.5. The van der Waals surface area contributed by atoms with Gasteiger partial charge in [0.1, 0.15) is 10.6 Å². The summed E-state index contributed by atoms with van der Waals surface area (Å²) in [6.45, 7) is 0. The van der Waals surface area contributed by atoms with E-state index in [2.05, 4.69) is 5.32 Å². The second-order valence-electron chi connectivity index (χ2n) is 7.67. The Morgan fingerprint density at radius 3 is 2.30 bits per heavy atom. The molecule has 0 atom stereocenters. The maximum atomic E-state index is 13.6. The normalized spacial score (nSPS) is 12.5. The molecule has 0 aliphatic heterocycles. The van der Waals surface area contributed by atoms with E-state index in [1.54, 1.807) is 43.4 Å². The summed E-state index contributed by atoms with van der Waals surface area (Å²) in [5.74, 6) is -0.0120. The Morgan fingerprint density at radius 1 is 0.909 bits per heavy atom. The lowest BCUT2D eigenvalue weighted by molar-refractivity contribution is 0.104. The van der Waals surface area contributed by atoms with Gasteiger partial charge in [0.25, 0.3) is 15.7 Å². The molecule has 0 fully saturated rings. The topological polar surface area (TPSA) is 115 Å². The molecule has 1 aromatic heterocycles. The molecule has 0 radical (unpaired) electrons. The number of nitrogens with zero attached hydrogens (tertiary/aromatic N) is 1. The summed E-state index contributed by atoms with van der Waals surface area (Å²) in [5, 5.41) is 3.59. The average molecular weight is 462 g/mol. The van der Waals surface area contributed by atoms with Crippen molar-refractivity contribution in [3.63, 3.8) is 0 Å². The summed E-state index contributed by atoms with van der Waals surface area (Å²) in [7, 11) is -1.58. The lowest BCUT2D eigenvalue weighted by atomic mass is 9.83. The van der Waals surface area contributed by atoms with Gasteiger partial charge in [0.2, 0.25) is 0 Å². The van der Waals surface area contributed by atoms with Crippen molar-refractivity contribution in [1.29, 1.82) is 0 Å². The first-order chi connectivity index (χ1) is 15.7. The number of ether oxygens (including phenoxy) is 1. The first kappa shape index (κ1) is 20.9. The second kappa shape index (κ2) is 7.29. The number of carbonyl (C=O) groups is 1. The molecular formula is C24H18N2O6S. The molecule has 5 rings (SSSR count). The lowest BCUT2D eigenvalue weighted by Crippen LogP contribution is -2.21. The zero-order valence-electron chi connectivity index (χ0n) is 17.6. The van der Waals surface area contributed by atoms with Crippen LogP contribution in [0.25, 0.3) is 22.0 Å². The van der Waals surface area contributed by atoms with Crippen molar-refractivity contribution in [3.05, 3.63) is 82.1 Å². The molecule has 0 spiro atoms. The van der Waals surface area contributed by atoms with Gasteiger partial charge in [-0.2, -0.15) is 8.42 Å².